The first-order valence-corrected chi connectivity index (χ1v) is 12.1. The van der Waals surface area contributed by atoms with Gasteiger partial charge < -0.3 is 14.7 Å². The maximum atomic E-state index is 13.1. The quantitative estimate of drug-likeness (QED) is 0.607. The fraction of sp³-hybridized carbons (Fsp3) is 0.520. The minimum absolute atomic E-state index is 0.00583. The second-order valence-electron chi connectivity index (χ2n) is 8.86. The van der Waals surface area contributed by atoms with Crippen LogP contribution in [0.25, 0.3) is 11.3 Å². The number of nitrogens with zero attached hydrogens (tertiary/aromatic N) is 5. The van der Waals surface area contributed by atoms with Crippen molar-refractivity contribution in [3.05, 3.63) is 41.4 Å². The number of carbonyl (C=O) groups excluding carboxylic acids is 2. The molecule has 1 atom stereocenters. The highest BCUT2D eigenvalue weighted by Crippen LogP contribution is 2.26. The molecule has 8 heteroatoms. The minimum atomic E-state index is -0.126. The molecule has 1 fully saturated rings. The summed E-state index contributed by atoms with van der Waals surface area (Å²) in [5.74, 6) is 0.699. The Morgan fingerprint density at radius 3 is 2.42 bits per heavy atom. The summed E-state index contributed by atoms with van der Waals surface area (Å²) in [4.78, 5) is 31.5. The van der Waals surface area contributed by atoms with Gasteiger partial charge in [0.2, 0.25) is 11.8 Å². The van der Waals surface area contributed by atoms with Gasteiger partial charge in [0.25, 0.3) is 0 Å². The van der Waals surface area contributed by atoms with Crippen LogP contribution >= 0.6 is 11.6 Å². The van der Waals surface area contributed by atoms with Crippen molar-refractivity contribution in [2.45, 2.75) is 46.6 Å². The Balaban J connectivity index is 1.63. The first-order valence-electron chi connectivity index (χ1n) is 11.7. The summed E-state index contributed by atoms with van der Waals surface area (Å²) in [6.07, 6.45) is 1.66. The second-order valence-corrected chi connectivity index (χ2v) is 9.26. The first-order chi connectivity index (χ1) is 15.8. The van der Waals surface area contributed by atoms with Crippen molar-refractivity contribution in [1.29, 1.82) is 0 Å². The molecule has 1 saturated heterocycles. The Morgan fingerprint density at radius 2 is 1.79 bits per heavy atom. The van der Waals surface area contributed by atoms with E-state index in [0.717, 1.165) is 36.5 Å². The first kappa shape index (κ1) is 25.0. The molecule has 2 heterocycles. The third-order valence-corrected chi connectivity index (χ3v) is 6.51. The summed E-state index contributed by atoms with van der Waals surface area (Å²) < 4.78 is 0. The number of benzene rings is 1. The average molecular weight is 472 g/mol. The number of halogens is 1. The smallest absolute Gasteiger partial charge is 0.242 e. The van der Waals surface area contributed by atoms with Gasteiger partial charge in [-0.2, -0.15) is 0 Å². The molecule has 1 aromatic heterocycles. The van der Waals surface area contributed by atoms with E-state index in [1.54, 1.807) is 4.90 Å². The third kappa shape index (κ3) is 6.22. The molecular formula is C25H34ClN5O2. The monoisotopic (exact) mass is 471 g/mol. The molecular weight excluding hydrogens is 438 g/mol. The maximum absolute atomic E-state index is 13.1. The van der Waals surface area contributed by atoms with Crippen molar-refractivity contribution >= 4 is 29.2 Å². The Bertz CT molecular complexity index is 950. The van der Waals surface area contributed by atoms with Gasteiger partial charge in [0, 0.05) is 43.7 Å². The van der Waals surface area contributed by atoms with Crippen molar-refractivity contribution in [3.8, 4) is 11.3 Å². The van der Waals surface area contributed by atoms with E-state index in [1.165, 1.54) is 0 Å². The molecule has 2 aromatic rings. The van der Waals surface area contributed by atoms with E-state index in [4.69, 9.17) is 11.6 Å². The van der Waals surface area contributed by atoms with E-state index in [9.17, 15) is 9.59 Å². The summed E-state index contributed by atoms with van der Waals surface area (Å²) in [7, 11) is 0. The number of rotatable bonds is 7. The maximum Gasteiger partial charge on any atom is 0.242 e. The number of hydrogen-bond donors (Lipinski definition) is 0. The summed E-state index contributed by atoms with van der Waals surface area (Å²) in [5.41, 5.74) is 1.59. The number of carbonyl (C=O) groups is 2. The summed E-state index contributed by atoms with van der Waals surface area (Å²) in [6, 6.07) is 11.5. The molecule has 0 spiro atoms. The number of amides is 2. The highest BCUT2D eigenvalue weighted by atomic mass is 35.5. The molecule has 0 bridgehead atoms. The van der Waals surface area contributed by atoms with Crippen LogP contribution in [0.3, 0.4) is 0 Å². The molecule has 0 aliphatic carbocycles. The van der Waals surface area contributed by atoms with Crippen LogP contribution in [0.15, 0.2) is 36.4 Å². The zero-order chi connectivity index (χ0) is 24.0. The van der Waals surface area contributed by atoms with E-state index in [-0.39, 0.29) is 30.3 Å². The molecule has 0 N–H and O–H groups in total. The topological polar surface area (TPSA) is 69.6 Å². The van der Waals surface area contributed by atoms with Gasteiger partial charge in [-0.05, 0) is 38.0 Å². The molecule has 178 valence electrons. The van der Waals surface area contributed by atoms with Crippen LogP contribution in [-0.2, 0) is 9.59 Å². The average Bonchev–Trinajstić information content (AvgIpc) is 3.08. The Morgan fingerprint density at radius 1 is 1.03 bits per heavy atom. The molecule has 33 heavy (non-hydrogen) atoms. The Kier molecular flexibility index (Phi) is 8.67. The molecule has 0 radical (unpaired) electrons. The van der Waals surface area contributed by atoms with Gasteiger partial charge in [-0.1, -0.05) is 50.6 Å². The van der Waals surface area contributed by atoms with Crippen LogP contribution in [0.5, 0.6) is 0 Å². The lowest BCUT2D eigenvalue weighted by Gasteiger charge is -2.32. The van der Waals surface area contributed by atoms with Crippen LogP contribution in [0.2, 0.25) is 5.02 Å². The highest BCUT2D eigenvalue weighted by molar-refractivity contribution is 6.33. The minimum Gasteiger partial charge on any atom is -0.353 e. The third-order valence-electron chi connectivity index (χ3n) is 6.18. The zero-order valence-corrected chi connectivity index (χ0v) is 20.8. The van der Waals surface area contributed by atoms with Gasteiger partial charge >= 0.3 is 0 Å². The molecule has 7 nitrogen and oxygen atoms in total. The highest BCUT2D eigenvalue weighted by Gasteiger charge is 2.27. The van der Waals surface area contributed by atoms with Crippen LogP contribution < -0.4 is 4.90 Å². The van der Waals surface area contributed by atoms with Crippen LogP contribution in [-0.4, -0.2) is 70.6 Å². The molecule has 3 rings (SSSR count). The number of aromatic nitrogens is 2. The molecule has 1 unspecified atom stereocenters. The van der Waals surface area contributed by atoms with E-state index < -0.39 is 0 Å². The summed E-state index contributed by atoms with van der Waals surface area (Å²) in [5, 5.41) is 9.43. The predicted molar refractivity (Wildman–Crippen MR) is 132 cm³/mol. The largest absolute Gasteiger partial charge is 0.353 e. The van der Waals surface area contributed by atoms with E-state index in [0.29, 0.717) is 24.7 Å². The standard InChI is InChI=1S/C25H34ClN5O2/c1-5-19(4)31(25(33)18(2)3)17-24(32)30-14-8-13-29(15-16-30)23-12-11-22(27-28-23)20-9-6-7-10-21(20)26/h6-7,9-12,18-19H,5,8,13-17H2,1-4H3. The fourth-order valence-electron chi connectivity index (χ4n) is 3.95. The molecule has 1 aliphatic rings. The molecule has 1 aliphatic heterocycles. The van der Waals surface area contributed by atoms with Gasteiger partial charge in [0.1, 0.15) is 0 Å². The van der Waals surface area contributed by atoms with E-state index in [1.807, 2.05) is 69.0 Å². The lowest BCUT2D eigenvalue weighted by molar-refractivity contribution is -0.144. The van der Waals surface area contributed by atoms with Gasteiger partial charge in [0.05, 0.1) is 17.3 Å². The predicted octanol–water partition coefficient (Wildman–Crippen LogP) is 4.12. The molecule has 0 saturated carbocycles. The normalized spacial score (nSPS) is 15.3. The lowest BCUT2D eigenvalue weighted by atomic mass is 10.1. The van der Waals surface area contributed by atoms with Crippen molar-refractivity contribution in [2.24, 2.45) is 5.92 Å². The van der Waals surface area contributed by atoms with Crippen LogP contribution in [0.4, 0.5) is 5.82 Å². The van der Waals surface area contributed by atoms with E-state index in [2.05, 4.69) is 15.1 Å². The zero-order valence-electron chi connectivity index (χ0n) is 20.0. The van der Waals surface area contributed by atoms with E-state index >= 15 is 0 Å². The van der Waals surface area contributed by atoms with Crippen molar-refractivity contribution in [3.63, 3.8) is 0 Å². The van der Waals surface area contributed by atoms with Crippen molar-refractivity contribution in [2.75, 3.05) is 37.6 Å². The molecule has 1 aromatic carbocycles. The Labute approximate surface area is 201 Å². The van der Waals surface area contributed by atoms with Gasteiger partial charge in [-0.3, -0.25) is 9.59 Å². The number of hydrogen-bond acceptors (Lipinski definition) is 5. The number of anilines is 1. The van der Waals surface area contributed by atoms with Gasteiger partial charge in [-0.15, -0.1) is 10.2 Å². The Hall–Kier alpha value is -2.67. The second kappa shape index (κ2) is 11.5. The van der Waals surface area contributed by atoms with Gasteiger partial charge in [-0.25, -0.2) is 0 Å². The summed E-state index contributed by atoms with van der Waals surface area (Å²) in [6.45, 7) is 10.7. The lowest BCUT2D eigenvalue weighted by Crippen LogP contribution is -2.48. The van der Waals surface area contributed by atoms with Crippen molar-refractivity contribution < 1.29 is 9.59 Å². The summed E-state index contributed by atoms with van der Waals surface area (Å²) >= 11 is 6.28. The van der Waals surface area contributed by atoms with Crippen LogP contribution in [0, 0.1) is 5.92 Å². The SMILES string of the molecule is CCC(C)N(CC(=O)N1CCCN(c2ccc(-c3ccccc3Cl)nn2)CC1)C(=O)C(C)C. The molecule has 2 amide bonds. The van der Waals surface area contributed by atoms with Crippen molar-refractivity contribution in [1.82, 2.24) is 20.0 Å². The van der Waals surface area contributed by atoms with Gasteiger partial charge in [0.15, 0.2) is 5.82 Å². The fourth-order valence-corrected chi connectivity index (χ4v) is 4.18. The van der Waals surface area contributed by atoms with Crippen LogP contribution in [0.1, 0.15) is 40.5 Å².